The maximum Gasteiger partial charge on any atom is 0.195 e. The van der Waals surface area contributed by atoms with Crippen molar-refractivity contribution in [2.75, 3.05) is 0 Å². The number of hydrogen-bond donors (Lipinski definition) is 1. The second-order valence-electron chi connectivity index (χ2n) is 4.29. The Bertz CT molecular complexity index is 608. The number of halogens is 1. The predicted molar refractivity (Wildman–Crippen MR) is 78.2 cm³/mol. The highest BCUT2D eigenvalue weighted by atomic mass is 35.5. The van der Waals surface area contributed by atoms with Crippen molar-refractivity contribution in [2.45, 2.75) is 32.9 Å². The molecule has 6 heteroatoms. The van der Waals surface area contributed by atoms with Crippen molar-refractivity contribution >= 4 is 23.8 Å². The molecule has 1 aromatic carbocycles. The number of rotatable bonds is 5. The lowest BCUT2D eigenvalue weighted by atomic mass is 10.2. The number of benzene rings is 1. The first-order valence-corrected chi connectivity index (χ1v) is 6.95. The van der Waals surface area contributed by atoms with Gasteiger partial charge in [0, 0.05) is 6.04 Å². The molecule has 1 N–H and O–H groups in total. The molecular formula is C13H16ClN3OS. The smallest absolute Gasteiger partial charge is 0.195 e. The Morgan fingerprint density at radius 2 is 2.21 bits per heavy atom. The standard InChI is InChI=1S/C13H16ClN3OS/c1-3-9(2)17-12(15-16-13(17)19)8-18-11-7-5-4-6-10(11)14/h4-7,9H,3,8H2,1-2H3,(H,16,19)/t9-/m0/s1. The summed E-state index contributed by atoms with van der Waals surface area (Å²) in [4.78, 5) is 0. The first kappa shape index (κ1) is 14.1. The van der Waals surface area contributed by atoms with Crippen LogP contribution in [0.2, 0.25) is 5.02 Å². The molecule has 0 saturated heterocycles. The summed E-state index contributed by atoms with van der Waals surface area (Å²) in [5.74, 6) is 1.42. The average molecular weight is 298 g/mol. The van der Waals surface area contributed by atoms with Gasteiger partial charge in [-0.25, -0.2) is 0 Å². The lowest BCUT2D eigenvalue weighted by molar-refractivity contribution is 0.284. The molecular weight excluding hydrogens is 282 g/mol. The fourth-order valence-corrected chi connectivity index (χ4v) is 2.30. The molecule has 1 aromatic heterocycles. The van der Waals surface area contributed by atoms with Crippen LogP contribution in [0.25, 0.3) is 0 Å². The van der Waals surface area contributed by atoms with Crippen LogP contribution in [0.15, 0.2) is 24.3 Å². The first-order chi connectivity index (χ1) is 9.13. The predicted octanol–water partition coefficient (Wildman–Crippen LogP) is 4.14. The number of hydrogen-bond acceptors (Lipinski definition) is 3. The maximum absolute atomic E-state index is 6.04. The Morgan fingerprint density at radius 3 is 2.89 bits per heavy atom. The van der Waals surface area contributed by atoms with Crippen molar-refractivity contribution in [3.63, 3.8) is 0 Å². The van der Waals surface area contributed by atoms with Crippen molar-refractivity contribution in [3.05, 3.63) is 39.9 Å². The highest BCUT2D eigenvalue weighted by molar-refractivity contribution is 7.71. The van der Waals surface area contributed by atoms with Gasteiger partial charge in [0.2, 0.25) is 0 Å². The van der Waals surface area contributed by atoms with Crippen LogP contribution in [0.1, 0.15) is 32.1 Å². The molecule has 0 aliphatic rings. The van der Waals surface area contributed by atoms with Crippen molar-refractivity contribution in [1.29, 1.82) is 0 Å². The SMILES string of the molecule is CC[C@H](C)n1c(COc2ccccc2Cl)n[nH]c1=S. The van der Waals surface area contributed by atoms with Gasteiger partial charge in [-0.05, 0) is 37.7 Å². The lowest BCUT2D eigenvalue weighted by Gasteiger charge is -2.14. The van der Waals surface area contributed by atoms with E-state index >= 15 is 0 Å². The molecule has 1 atom stereocenters. The molecule has 0 fully saturated rings. The van der Waals surface area contributed by atoms with Crippen LogP contribution < -0.4 is 4.74 Å². The largest absolute Gasteiger partial charge is 0.484 e. The quantitative estimate of drug-likeness (QED) is 0.843. The number of H-pyrrole nitrogens is 1. The van der Waals surface area contributed by atoms with Gasteiger partial charge in [-0.1, -0.05) is 30.7 Å². The van der Waals surface area contributed by atoms with Crippen LogP contribution >= 0.6 is 23.8 Å². The minimum Gasteiger partial charge on any atom is -0.484 e. The van der Waals surface area contributed by atoms with Crippen LogP contribution in [0.5, 0.6) is 5.75 Å². The van der Waals surface area contributed by atoms with E-state index in [0.29, 0.717) is 22.2 Å². The van der Waals surface area contributed by atoms with Gasteiger partial charge in [-0.3, -0.25) is 9.67 Å². The van der Waals surface area contributed by atoms with Gasteiger partial charge < -0.3 is 4.74 Å². The number of ether oxygens (including phenoxy) is 1. The Hall–Kier alpha value is -1.33. The molecule has 2 rings (SSSR count). The molecule has 0 spiro atoms. The number of aromatic nitrogens is 3. The number of para-hydroxylation sites is 1. The van der Waals surface area contributed by atoms with E-state index in [4.69, 9.17) is 28.6 Å². The second-order valence-corrected chi connectivity index (χ2v) is 5.09. The van der Waals surface area contributed by atoms with Crippen molar-refractivity contribution in [1.82, 2.24) is 14.8 Å². The van der Waals surface area contributed by atoms with Gasteiger partial charge >= 0.3 is 0 Å². The van der Waals surface area contributed by atoms with Crippen LogP contribution in [-0.4, -0.2) is 14.8 Å². The van der Waals surface area contributed by atoms with Crippen molar-refractivity contribution < 1.29 is 4.74 Å². The molecule has 0 amide bonds. The summed E-state index contributed by atoms with van der Waals surface area (Å²) < 4.78 is 8.29. The van der Waals surface area contributed by atoms with Gasteiger partial charge in [0.1, 0.15) is 12.4 Å². The molecule has 2 aromatic rings. The zero-order chi connectivity index (χ0) is 13.8. The first-order valence-electron chi connectivity index (χ1n) is 6.16. The van der Waals surface area contributed by atoms with Gasteiger partial charge in [0.15, 0.2) is 10.6 Å². The van der Waals surface area contributed by atoms with Crippen molar-refractivity contribution in [2.24, 2.45) is 0 Å². The highest BCUT2D eigenvalue weighted by Crippen LogP contribution is 2.24. The molecule has 102 valence electrons. The summed E-state index contributed by atoms with van der Waals surface area (Å²) >= 11 is 11.3. The Labute approximate surface area is 122 Å². The third-order valence-corrected chi connectivity index (χ3v) is 3.60. The molecule has 4 nitrogen and oxygen atoms in total. The van der Waals surface area contributed by atoms with Crippen molar-refractivity contribution in [3.8, 4) is 5.75 Å². The van der Waals surface area contributed by atoms with Gasteiger partial charge in [0.25, 0.3) is 0 Å². The van der Waals surface area contributed by atoms with E-state index in [1.165, 1.54) is 0 Å². The second kappa shape index (κ2) is 6.21. The fourth-order valence-electron chi connectivity index (χ4n) is 1.78. The molecule has 0 saturated carbocycles. The Morgan fingerprint density at radius 1 is 1.47 bits per heavy atom. The summed E-state index contributed by atoms with van der Waals surface area (Å²) in [6, 6.07) is 7.66. The molecule has 19 heavy (non-hydrogen) atoms. The molecule has 0 aliphatic carbocycles. The molecule has 1 heterocycles. The van der Waals surface area contributed by atoms with Crippen LogP contribution in [0.4, 0.5) is 0 Å². The summed E-state index contributed by atoms with van der Waals surface area (Å²) in [5.41, 5.74) is 0. The van der Waals surface area contributed by atoms with E-state index in [-0.39, 0.29) is 6.04 Å². The molecule has 0 aliphatic heterocycles. The van der Waals surface area contributed by atoms with Crippen LogP contribution in [0.3, 0.4) is 0 Å². The minimum atomic E-state index is 0.288. The van der Waals surface area contributed by atoms with E-state index in [9.17, 15) is 0 Å². The molecule has 0 unspecified atom stereocenters. The zero-order valence-electron chi connectivity index (χ0n) is 10.9. The normalized spacial score (nSPS) is 12.4. The summed E-state index contributed by atoms with van der Waals surface area (Å²) in [6.45, 7) is 4.55. The fraction of sp³-hybridized carbons (Fsp3) is 0.385. The number of nitrogens with one attached hydrogen (secondary N) is 1. The van der Waals surface area contributed by atoms with Gasteiger partial charge in [0.05, 0.1) is 5.02 Å². The summed E-state index contributed by atoms with van der Waals surface area (Å²) in [5, 5.41) is 7.60. The van der Waals surface area contributed by atoms with E-state index in [0.717, 1.165) is 12.2 Å². The average Bonchev–Trinajstić information content (AvgIpc) is 2.78. The molecule has 0 radical (unpaired) electrons. The van der Waals surface area contributed by atoms with E-state index in [1.54, 1.807) is 6.07 Å². The van der Waals surface area contributed by atoms with Gasteiger partial charge in [-0.15, -0.1) is 0 Å². The Balaban J connectivity index is 2.17. The third kappa shape index (κ3) is 3.16. The van der Waals surface area contributed by atoms with E-state index in [2.05, 4.69) is 24.0 Å². The van der Waals surface area contributed by atoms with E-state index < -0.39 is 0 Å². The van der Waals surface area contributed by atoms with Crippen LogP contribution in [-0.2, 0) is 6.61 Å². The highest BCUT2D eigenvalue weighted by Gasteiger charge is 2.12. The maximum atomic E-state index is 6.04. The lowest BCUT2D eigenvalue weighted by Crippen LogP contribution is -2.11. The Kier molecular flexibility index (Phi) is 4.61. The number of aromatic amines is 1. The number of nitrogens with zero attached hydrogens (tertiary/aromatic N) is 2. The molecule has 0 bridgehead atoms. The zero-order valence-corrected chi connectivity index (χ0v) is 12.5. The topological polar surface area (TPSA) is 42.8 Å². The van der Waals surface area contributed by atoms with Crippen LogP contribution in [0, 0.1) is 4.77 Å². The summed E-state index contributed by atoms with van der Waals surface area (Å²) in [6.07, 6.45) is 0.979. The summed E-state index contributed by atoms with van der Waals surface area (Å²) in [7, 11) is 0. The third-order valence-electron chi connectivity index (χ3n) is 3.00. The van der Waals surface area contributed by atoms with Gasteiger partial charge in [-0.2, -0.15) is 5.10 Å². The minimum absolute atomic E-state index is 0.288. The monoisotopic (exact) mass is 297 g/mol. The van der Waals surface area contributed by atoms with E-state index in [1.807, 2.05) is 22.8 Å².